The fraction of sp³-hybridized carbons (Fsp3) is 0.368. The van der Waals surface area contributed by atoms with Crippen molar-refractivity contribution >= 4 is 23.2 Å². The van der Waals surface area contributed by atoms with Crippen LogP contribution < -0.4 is 5.73 Å². The summed E-state index contributed by atoms with van der Waals surface area (Å²) in [6.07, 6.45) is 1.06. The van der Waals surface area contributed by atoms with Crippen molar-refractivity contribution in [3.05, 3.63) is 47.2 Å². The molecule has 2 amide bonds. The smallest absolute Gasteiger partial charge is 0.274 e. The van der Waals surface area contributed by atoms with Gasteiger partial charge in [-0.1, -0.05) is 12.1 Å². The zero-order valence-corrected chi connectivity index (χ0v) is 15.4. The maximum atomic E-state index is 14.0. The van der Waals surface area contributed by atoms with Crippen LogP contribution in [0, 0.1) is 32.0 Å². The average molecular weight is 372 g/mol. The summed E-state index contributed by atoms with van der Waals surface area (Å²) in [5.41, 5.74) is 6.36. The first-order valence-corrected chi connectivity index (χ1v) is 9.26. The number of thiazole rings is 1. The molecule has 0 unspecified atom stereocenters. The number of aromatic nitrogens is 1. The summed E-state index contributed by atoms with van der Waals surface area (Å²) < 4.78 is 14.0. The van der Waals surface area contributed by atoms with Crippen LogP contribution in [0.2, 0.25) is 0 Å². The molecular weight excluding hydrogens is 353 g/mol. The van der Waals surface area contributed by atoms with Crippen molar-refractivity contribution in [1.82, 2.24) is 9.88 Å². The molecule has 1 saturated carbocycles. The molecule has 4 rings (SSSR count). The number of aryl methyl sites for hydroxylation is 2. The normalized spacial score (nSPS) is 26.7. The van der Waals surface area contributed by atoms with E-state index in [1.54, 1.807) is 24.0 Å². The topological polar surface area (TPSA) is 76.3 Å². The Labute approximate surface area is 155 Å². The van der Waals surface area contributed by atoms with Crippen molar-refractivity contribution in [2.75, 3.05) is 0 Å². The first-order valence-electron chi connectivity index (χ1n) is 8.44. The molecular formula is C19H19FN3O2S. The van der Waals surface area contributed by atoms with Crippen molar-refractivity contribution in [1.29, 1.82) is 0 Å². The number of carbonyl (C=O) groups is 2. The van der Waals surface area contributed by atoms with Crippen LogP contribution in [0.5, 0.6) is 0 Å². The number of carbonyl (C=O) groups excluding carboxylic acids is 2. The number of nitrogens with two attached hydrogens (primary N) is 1. The Morgan fingerprint density at radius 3 is 2.73 bits per heavy atom. The third kappa shape index (κ3) is 2.37. The monoisotopic (exact) mass is 372 g/mol. The maximum absolute atomic E-state index is 14.0. The Bertz CT molecular complexity index is 941. The molecule has 2 heterocycles. The van der Waals surface area contributed by atoms with E-state index in [2.05, 4.69) is 11.9 Å². The van der Waals surface area contributed by atoms with Gasteiger partial charge in [0.15, 0.2) is 0 Å². The fourth-order valence-corrected chi connectivity index (χ4v) is 4.85. The molecule has 1 saturated heterocycles. The van der Waals surface area contributed by atoms with Crippen molar-refractivity contribution in [3.63, 3.8) is 0 Å². The maximum Gasteiger partial charge on any atom is 0.274 e. The summed E-state index contributed by atoms with van der Waals surface area (Å²) in [7, 11) is 0. The Kier molecular flexibility index (Phi) is 3.70. The molecule has 2 fully saturated rings. The van der Waals surface area contributed by atoms with Crippen LogP contribution in [0.3, 0.4) is 0 Å². The number of nitrogens with zero attached hydrogens (tertiary/aromatic N) is 2. The lowest BCUT2D eigenvalue weighted by molar-refractivity contribution is -0.123. The Morgan fingerprint density at radius 1 is 1.38 bits per heavy atom. The zero-order chi connectivity index (χ0) is 18.8. The van der Waals surface area contributed by atoms with E-state index < -0.39 is 5.41 Å². The fourth-order valence-electron chi connectivity index (χ4n) is 3.94. The number of benzene rings is 1. The van der Waals surface area contributed by atoms with Crippen LogP contribution in [-0.2, 0) is 4.79 Å². The van der Waals surface area contributed by atoms with E-state index >= 15 is 0 Å². The van der Waals surface area contributed by atoms with E-state index in [1.165, 1.54) is 17.4 Å². The van der Waals surface area contributed by atoms with Crippen LogP contribution in [0.1, 0.15) is 33.9 Å². The number of piperidine rings is 1. The average Bonchev–Trinajstić information content (AvgIpc) is 3.01. The quantitative estimate of drug-likeness (QED) is 0.900. The van der Waals surface area contributed by atoms with Gasteiger partial charge in [0, 0.05) is 12.1 Å². The molecule has 1 aromatic carbocycles. The summed E-state index contributed by atoms with van der Waals surface area (Å²) in [5, 5.41) is 0.723. The highest BCUT2D eigenvalue weighted by atomic mass is 32.1. The van der Waals surface area contributed by atoms with Crippen molar-refractivity contribution < 1.29 is 14.0 Å². The Hall–Kier alpha value is -2.28. The highest BCUT2D eigenvalue weighted by Gasteiger charge is 2.68. The molecule has 135 valence electrons. The summed E-state index contributed by atoms with van der Waals surface area (Å²) in [5.74, 6) is -0.962. The molecule has 0 bridgehead atoms. The third-order valence-electron chi connectivity index (χ3n) is 5.46. The largest absolute Gasteiger partial charge is 0.369 e. The van der Waals surface area contributed by atoms with Crippen LogP contribution in [-0.4, -0.2) is 33.8 Å². The Balaban J connectivity index is 1.72. The lowest BCUT2D eigenvalue weighted by Gasteiger charge is -2.23. The number of fused-ring (bicyclic) bond motifs is 1. The number of halogens is 1. The highest BCUT2D eigenvalue weighted by molar-refractivity contribution is 7.15. The summed E-state index contributed by atoms with van der Waals surface area (Å²) in [6, 6.07) is 4.37. The molecule has 3 atom stereocenters. The van der Waals surface area contributed by atoms with Gasteiger partial charge in [-0.05, 0) is 50.8 Å². The number of likely N-dealkylation sites (tertiary alicyclic amines) is 1. The van der Waals surface area contributed by atoms with Crippen LogP contribution in [0.4, 0.5) is 4.39 Å². The first-order chi connectivity index (χ1) is 12.2. The van der Waals surface area contributed by atoms with Crippen molar-refractivity contribution in [2.24, 2.45) is 11.1 Å². The molecule has 7 heteroatoms. The molecule has 1 aliphatic carbocycles. The minimum atomic E-state index is -0.636. The number of rotatable bonds is 3. The van der Waals surface area contributed by atoms with Gasteiger partial charge in [0.05, 0.1) is 15.3 Å². The van der Waals surface area contributed by atoms with Gasteiger partial charge >= 0.3 is 0 Å². The standard InChI is InChI=1S/C19H19FN3O2S/c1-9-4-5-12(6-13(9)20)16-15(22-11(3)26-16)17(24)23-10(2)7-19(18(21)25)8-14(19)23/h4-6,10,14H,2,7-8H2,1,3H3,(H2,21,25)/t10-,14-,19+/m0/s1. The predicted octanol–water partition coefficient (Wildman–Crippen LogP) is 2.86. The Morgan fingerprint density at radius 2 is 2.12 bits per heavy atom. The number of primary amides is 1. The molecule has 26 heavy (non-hydrogen) atoms. The van der Waals surface area contributed by atoms with Crippen LogP contribution in [0.15, 0.2) is 18.2 Å². The number of hydrogen-bond acceptors (Lipinski definition) is 4. The van der Waals surface area contributed by atoms with Gasteiger partial charge in [0.1, 0.15) is 11.5 Å². The molecule has 1 radical (unpaired) electrons. The van der Waals surface area contributed by atoms with Gasteiger partial charge < -0.3 is 10.6 Å². The number of hydrogen-bond donors (Lipinski definition) is 1. The van der Waals surface area contributed by atoms with Crippen molar-refractivity contribution in [3.8, 4) is 10.4 Å². The molecule has 1 aliphatic heterocycles. The third-order valence-corrected chi connectivity index (χ3v) is 6.48. The zero-order valence-electron chi connectivity index (χ0n) is 14.6. The molecule has 1 aromatic heterocycles. The van der Waals surface area contributed by atoms with Crippen molar-refractivity contribution in [2.45, 2.75) is 38.8 Å². The van der Waals surface area contributed by atoms with Gasteiger partial charge in [-0.2, -0.15) is 0 Å². The van der Waals surface area contributed by atoms with E-state index in [9.17, 15) is 14.0 Å². The van der Waals surface area contributed by atoms with E-state index in [0.717, 1.165) is 5.01 Å². The molecule has 2 aliphatic rings. The highest BCUT2D eigenvalue weighted by Crippen LogP contribution is 2.59. The van der Waals surface area contributed by atoms with Gasteiger partial charge in [-0.15, -0.1) is 11.3 Å². The van der Waals surface area contributed by atoms with E-state index in [-0.39, 0.29) is 35.4 Å². The molecule has 2 aromatic rings. The van der Waals surface area contributed by atoms with Gasteiger partial charge in [0.2, 0.25) is 5.91 Å². The molecule has 5 nitrogen and oxygen atoms in total. The van der Waals surface area contributed by atoms with Crippen LogP contribution in [0.25, 0.3) is 10.4 Å². The van der Waals surface area contributed by atoms with Gasteiger partial charge in [0.25, 0.3) is 5.91 Å². The minimum absolute atomic E-state index is 0.209. The second kappa shape index (κ2) is 5.61. The lowest BCUT2D eigenvalue weighted by atomic mass is 10.00. The minimum Gasteiger partial charge on any atom is -0.369 e. The summed E-state index contributed by atoms with van der Waals surface area (Å²) in [6.45, 7) is 7.52. The molecule has 2 N–H and O–H groups in total. The van der Waals surface area contributed by atoms with Gasteiger partial charge in [-0.3, -0.25) is 9.59 Å². The predicted molar refractivity (Wildman–Crippen MR) is 96.9 cm³/mol. The lowest BCUT2D eigenvalue weighted by Crippen LogP contribution is -2.37. The van der Waals surface area contributed by atoms with E-state index in [0.29, 0.717) is 28.8 Å². The SMILES string of the molecule is [CH2][C@H]1C[C@@]2(C(N)=O)C[C@@H]2N1C(=O)c1nc(C)sc1-c1ccc(C)c(F)c1. The summed E-state index contributed by atoms with van der Waals surface area (Å²) in [4.78, 5) is 31.6. The van der Waals surface area contributed by atoms with Crippen LogP contribution >= 0.6 is 11.3 Å². The summed E-state index contributed by atoms with van der Waals surface area (Å²) >= 11 is 1.35. The van der Waals surface area contributed by atoms with E-state index in [4.69, 9.17) is 5.73 Å². The molecule has 0 spiro atoms. The second-order valence-electron chi connectivity index (χ2n) is 7.19. The number of amides is 2. The van der Waals surface area contributed by atoms with Gasteiger partial charge in [-0.25, -0.2) is 9.37 Å². The first kappa shape index (κ1) is 17.1. The van der Waals surface area contributed by atoms with E-state index in [1.807, 2.05) is 6.92 Å². The second-order valence-corrected chi connectivity index (χ2v) is 8.39.